The third kappa shape index (κ3) is 3.57. The van der Waals surface area contributed by atoms with Crippen molar-refractivity contribution in [2.45, 2.75) is 12.7 Å². The highest BCUT2D eigenvalue weighted by Gasteiger charge is 2.09. The molecule has 0 radical (unpaired) electrons. The molecule has 0 aliphatic heterocycles. The lowest BCUT2D eigenvalue weighted by molar-refractivity contribution is -0.137. The first kappa shape index (κ1) is 14.1. The predicted octanol–water partition coefficient (Wildman–Crippen LogP) is 2.53. The summed E-state index contributed by atoms with van der Waals surface area (Å²) in [5, 5.41) is 6.30. The maximum absolute atomic E-state index is 11.0. The van der Waals surface area contributed by atoms with Gasteiger partial charge in [0.1, 0.15) is 16.5 Å². The SMILES string of the molecule is CCNc1nc(CSCC(=O)OC)nc2sccc12. The fourth-order valence-corrected chi connectivity index (χ4v) is 3.03. The number of carbonyl (C=O) groups excluding carboxylic acids is 1. The first-order chi connectivity index (χ1) is 9.24. The number of carbonyl (C=O) groups is 1. The highest BCUT2D eigenvalue weighted by atomic mass is 32.2. The van der Waals surface area contributed by atoms with Crippen molar-refractivity contribution in [3.63, 3.8) is 0 Å². The van der Waals surface area contributed by atoms with Crippen molar-refractivity contribution < 1.29 is 9.53 Å². The summed E-state index contributed by atoms with van der Waals surface area (Å²) in [7, 11) is 1.39. The number of methoxy groups -OCH3 is 1. The van der Waals surface area contributed by atoms with E-state index in [1.807, 2.05) is 18.4 Å². The number of anilines is 1. The molecule has 102 valence electrons. The van der Waals surface area contributed by atoms with Crippen molar-refractivity contribution in [3.8, 4) is 0 Å². The summed E-state index contributed by atoms with van der Waals surface area (Å²) >= 11 is 3.05. The molecule has 0 saturated carbocycles. The fraction of sp³-hybridized carbons (Fsp3) is 0.417. The third-order valence-corrected chi connectivity index (χ3v) is 4.10. The molecule has 1 N–H and O–H groups in total. The maximum atomic E-state index is 11.0. The molecule has 2 rings (SSSR count). The highest BCUT2D eigenvalue weighted by molar-refractivity contribution is 7.99. The minimum atomic E-state index is -0.228. The molecule has 0 fully saturated rings. The number of ether oxygens (including phenoxy) is 1. The van der Waals surface area contributed by atoms with E-state index in [1.165, 1.54) is 18.9 Å². The average Bonchev–Trinajstić information content (AvgIpc) is 2.87. The van der Waals surface area contributed by atoms with Gasteiger partial charge in [-0.15, -0.1) is 23.1 Å². The van der Waals surface area contributed by atoms with Crippen molar-refractivity contribution in [1.82, 2.24) is 9.97 Å². The summed E-state index contributed by atoms with van der Waals surface area (Å²) in [5.41, 5.74) is 0. The van der Waals surface area contributed by atoms with E-state index in [2.05, 4.69) is 20.0 Å². The molecule has 0 aromatic carbocycles. The van der Waals surface area contributed by atoms with Crippen molar-refractivity contribution >= 4 is 45.1 Å². The molecule has 0 aliphatic carbocycles. The number of thiophene rings is 1. The van der Waals surface area contributed by atoms with Crippen LogP contribution in [0.3, 0.4) is 0 Å². The smallest absolute Gasteiger partial charge is 0.315 e. The van der Waals surface area contributed by atoms with Gasteiger partial charge < -0.3 is 10.1 Å². The first-order valence-corrected chi connectivity index (χ1v) is 7.90. The standard InChI is InChI=1S/C12H15N3O2S2/c1-3-13-11-8-4-5-19-12(8)15-9(14-11)6-18-7-10(16)17-2/h4-5H,3,6-7H2,1-2H3,(H,13,14,15). The van der Waals surface area contributed by atoms with Gasteiger partial charge in [0.25, 0.3) is 0 Å². The Kier molecular flexibility index (Phi) is 4.98. The highest BCUT2D eigenvalue weighted by Crippen LogP contribution is 2.26. The monoisotopic (exact) mass is 297 g/mol. The molecular weight excluding hydrogens is 282 g/mol. The van der Waals surface area contributed by atoms with Crippen LogP contribution in [-0.4, -0.2) is 35.3 Å². The number of rotatable bonds is 6. The molecule has 0 aliphatic rings. The van der Waals surface area contributed by atoms with E-state index >= 15 is 0 Å². The largest absolute Gasteiger partial charge is 0.468 e. The van der Waals surface area contributed by atoms with Crippen LogP contribution in [0.2, 0.25) is 0 Å². The van der Waals surface area contributed by atoms with Gasteiger partial charge >= 0.3 is 5.97 Å². The number of esters is 1. The van der Waals surface area contributed by atoms with Gasteiger partial charge in [0.2, 0.25) is 0 Å². The van der Waals surface area contributed by atoms with E-state index in [0.29, 0.717) is 11.5 Å². The molecule has 2 aromatic rings. The summed E-state index contributed by atoms with van der Waals surface area (Å²) in [6, 6.07) is 2.02. The van der Waals surface area contributed by atoms with Crippen molar-refractivity contribution in [1.29, 1.82) is 0 Å². The van der Waals surface area contributed by atoms with Crippen LogP contribution in [0, 0.1) is 0 Å². The molecule has 5 nitrogen and oxygen atoms in total. The zero-order valence-corrected chi connectivity index (χ0v) is 12.4. The van der Waals surface area contributed by atoms with Crippen LogP contribution in [0.4, 0.5) is 5.82 Å². The van der Waals surface area contributed by atoms with E-state index in [-0.39, 0.29) is 5.97 Å². The molecule has 19 heavy (non-hydrogen) atoms. The average molecular weight is 297 g/mol. The summed E-state index contributed by atoms with van der Waals surface area (Å²) in [5.74, 6) is 2.29. The normalized spacial score (nSPS) is 10.6. The van der Waals surface area contributed by atoms with E-state index in [9.17, 15) is 4.79 Å². The number of hydrogen-bond donors (Lipinski definition) is 1. The molecule has 2 heterocycles. The Balaban J connectivity index is 2.12. The van der Waals surface area contributed by atoms with Crippen molar-refractivity contribution in [2.24, 2.45) is 0 Å². The second-order valence-electron chi connectivity index (χ2n) is 3.73. The zero-order valence-electron chi connectivity index (χ0n) is 10.8. The second-order valence-corrected chi connectivity index (χ2v) is 5.61. The Labute approximate surface area is 119 Å². The van der Waals surface area contributed by atoms with Gasteiger partial charge in [0, 0.05) is 6.54 Å². The Morgan fingerprint density at radius 1 is 1.53 bits per heavy atom. The van der Waals surface area contributed by atoms with Crippen molar-refractivity contribution in [2.75, 3.05) is 24.7 Å². The molecule has 0 saturated heterocycles. The topological polar surface area (TPSA) is 64.1 Å². The van der Waals surface area contributed by atoms with Gasteiger partial charge in [-0.3, -0.25) is 4.79 Å². The molecule has 2 aromatic heterocycles. The predicted molar refractivity (Wildman–Crippen MR) is 79.8 cm³/mol. The maximum Gasteiger partial charge on any atom is 0.315 e. The first-order valence-electron chi connectivity index (χ1n) is 5.87. The lowest BCUT2D eigenvalue weighted by Crippen LogP contribution is -2.06. The summed E-state index contributed by atoms with van der Waals surface area (Å²) in [6.45, 7) is 2.85. The van der Waals surface area contributed by atoms with E-state index in [0.717, 1.165) is 28.4 Å². The quantitative estimate of drug-likeness (QED) is 0.827. The number of aromatic nitrogens is 2. The zero-order chi connectivity index (χ0) is 13.7. The molecule has 0 bridgehead atoms. The van der Waals surface area contributed by atoms with Crippen LogP contribution in [0.25, 0.3) is 10.2 Å². The van der Waals surface area contributed by atoms with Crippen LogP contribution in [0.5, 0.6) is 0 Å². The Morgan fingerprint density at radius 2 is 2.37 bits per heavy atom. The fourth-order valence-electron chi connectivity index (χ4n) is 1.55. The molecule has 7 heteroatoms. The Hall–Kier alpha value is -1.34. The third-order valence-electron chi connectivity index (χ3n) is 2.39. The van der Waals surface area contributed by atoms with Gasteiger partial charge in [0.15, 0.2) is 0 Å². The van der Waals surface area contributed by atoms with Crippen molar-refractivity contribution in [3.05, 3.63) is 17.3 Å². The van der Waals surface area contributed by atoms with Gasteiger partial charge in [-0.1, -0.05) is 0 Å². The number of fused-ring (bicyclic) bond motifs is 1. The van der Waals surface area contributed by atoms with E-state index in [4.69, 9.17) is 0 Å². The molecular formula is C12H15N3O2S2. The molecule has 0 amide bonds. The number of hydrogen-bond acceptors (Lipinski definition) is 7. The number of nitrogens with zero attached hydrogens (tertiary/aromatic N) is 2. The molecule has 0 spiro atoms. The second kappa shape index (κ2) is 6.72. The lowest BCUT2D eigenvalue weighted by Gasteiger charge is -2.06. The lowest BCUT2D eigenvalue weighted by atomic mass is 10.3. The van der Waals surface area contributed by atoms with E-state index in [1.54, 1.807) is 11.3 Å². The van der Waals surface area contributed by atoms with Crippen LogP contribution in [0.15, 0.2) is 11.4 Å². The summed E-state index contributed by atoms with van der Waals surface area (Å²) in [6.07, 6.45) is 0. The molecule has 0 atom stereocenters. The van der Waals surface area contributed by atoms with Crippen LogP contribution < -0.4 is 5.32 Å². The number of thioether (sulfide) groups is 1. The minimum Gasteiger partial charge on any atom is -0.468 e. The van der Waals surface area contributed by atoms with Crippen LogP contribution in [0.1, 0.15) is 12.7 Å². The van der Waals surface area contributed by atoms with Gasteiger partial charge in [-0.05, 0) is 18.4 Å². The number of nitrogens with one attached hydrogen (secondary N) is 1. The minimum absolute atomic E-state index is 0.228. The summed E-state index contributed by atoms with van der Waals surface area (Å²) < 4.78 is 4.60. The summed E-state index contributed by atoms with van der Waals surface area (Å²) in [4.78, 5) is 21.0. The van der Waals surface area contributed by atoms with Gasteiger partial charge in [-0.2, -0.15) is 0 Å². The van der Waals surface area contributed by atoms with Gasteiger partial charge in [-0.25, -0.2) is 9.97 Å². The molecule has 0 unspecified atom stereocenters. The van der Waals surface area contributed by atoms with Crippen LogP contribution in [-0.2, 0) is 15.3 Å². The van der Waals surface area contributed by atoms with E-state index < -0.39 is 0 Å². The van der Waals surface area contributed by atoms with Gasteiger partial charge in [0.05, 0.1) is 24.0 Å². The Bertz CT molecular complexity index is 571. The Morgan fingerprint density at radius 3 is 3.11 bits per heavy atom. The van der Waals surface area contributed by atoms with Crippen LogP contribution >= 0.6 is 23.1 Å².